The highest BCUT2D eigenvalue weighted by Gasteiger charge is 2.24. The van der Waals surface area contributed by atoms with Gasteiger partial charge in [-0.1, -0.05) is 18.2 Å². The second kappa shape index (κ2) is 6.93. The fourth-order valence-corrected chi connectivity index (χ4v) is 2.41. The van der Waals surface area contributed by atoms with E-state index >= 15 is 0 Å². The van der Waals surface area contributed by atoms with Crippen LogP contribution in [-0.4, -0.2) is 41.6 Å². The van der Waals surface area contributed by atoms with E-state index in [1.807, 2.05) is 35.2 Å². The van der Waals surface area contributed by atoms with Crippen LogP contribution in [0.25, 0.3) is 0 Å². The number of urea groups is 1. The Morgan fingerprint density at radius 2 is 1.80 bits per heavy atom. The minimum absolute atomic E-state index is 0.0147. The molecule has 1 aliphatic heterocycles. The Labute approximate surface area is 118 Å². The Morgan fingerprint density at radius 1 is 1.15 bits per heavy atom. The van der Waals surface area contributed by atoms with Gasteiger partial charge >= 0.3 is 12.0 Å². The number of anilines is 1. The molecule has 1 aromatic rings. The summed E-state index contributed by atoms with van der Waals surface area (Å²) in [7, 11) is 0. The molecule has 1 heterocycles. The first-order valence-electron chi connectivity index (χ1n) is 7.02. The number of carbonyl (C=O) groups is 2. The average molecular weight is 276 g/mol. The van der Waals surface area contributed by atoms with Gasteiger partial charge < -0.3 is 10.0 Å². The first-order valence-corrected chi connectivity index (χ1v) is 7.02. The SMILES string of the molecule is O=C(O)CCCN(C(=O)N1CCCC1)c1ccccc1. The molecule has 0 aliphatic carbocycles. The summed E-state index contributed by atoms with van der Waals surface area (Å²) in [5.41, 5.74) is 0.829. The summed E-state index contributed by atoms with van der Waals surface area (Å²) in [5, 5.41) is 8.73. The molecular weight excluding hydrogens is 256 g/mol. The van der Waals surface area contributed by atoms with Crippen LogP contribution >= 0.6 is 0 Å². The first kappa shape index (κ1) is 14.4. The molecule has 0 atom stereocenters. The Hall–Kier alpha value is -2.04. The number of carbonyl (C=O) groups excluding carboxylic acids is 1. The molecule has 1 saturated heterocycles. The third-order valence-electron chi connectivity index (χ3n) is 3.45. The van der Waals surface area contributed by atoms with E-state index in [9.17, 15) is 9.59 Å². The van der Waals surface area contributed by atoms with Gasteiger partial charge in [-0.15, -0.1) is 0 Å². The van der Waals surface area contributed by atoms with Crippen LogP contribution in [0, 0.1) is 0 Å². The summed E-state index contributed by atoms with van der Waals surface area (Å²) in [4.78, 5) is 26.7. The Morgan fingerprint density at radius 3 is 2.40 bits per heavy atom. The fraction of sp³-hybridized carbons (Fsp3) is 0.467. The minimum Gasteiger partial charge on any atom is -0.481 e. The van der Waals surface area contributed by atoms with Crippen molar-refractivity contribution in [3.8, 4) is 0 Å². The van der Waals surface area contributed by atoms with Crippen LogP contribution in [0.5, 0.6) is 0 Å². The summed E-state index contributed by atoms with van der Waals surface area (Å²) in [6.07, 6.45) is 2.63. The van der Waals surface area contributed by atoms with E-state index in [1.165, 1.54) is 0 Å². The molecule has 1 fully saturated rings. The highest BCUT2D eigenvalue weighted by atomic mass is 16.4. The number of hydrogen-bond donors (Lipinski definition) is 1. The van der Waals surface area contributed by atoms with E-state index in [-0.39, 0.29) is 12.5 Å². The van der Waals surface area contributed by atoms with Crippen molar-refractivity contribution in [2.45, 2.75) is 25.7 Å². The van der Waals surface area contributed by atoms with Gasteiger partial charge in [0.15, 0.2) is 0 Å². The maximum Gasteiger partial charge on any atom is 0.324 e. The van der Waals surface area contributed by atoms with Crippen LogP contribution in [0.4, 0.5) is 10.5 Å². The molecular formula is C15H20N2O3. The monoisotopic (exact) mass is 276 g/mol. The molecule has 1 aliphatic rings. The number of nitrogens with zero attached hydrogens (tertiary/aromatic N) is 2. The van der Waals surface area contributed by atoms with E-state index < -0.39 is 5.97 Å². The molecule has 5 nitrogen and oxygen atoms in total. The largest absolute Gasteiger partial charge is 0.481 e. The average Bonchev–Trinajstić information content (AvgIpc) is 2.98. The Bertz CT molecular complexity index is 455. The number of likely N-dealkylation sites (tertiary alicyclic amines) is 1. The van der Waals surface area contributed by atoms with Crippen LogP contribution in [0.2, 0.25) is 0 Å². The molecule has 1 aromatic carbocycles. The molecule has 0 spiro atoms. The molecule has 1 N–H and O–H groups in total. The van der Waals surface area contributed by atoms with Crippen LogP contribution in [0.1, 0.15) is 25.7 Å². The number of rotatable bonds is 5. The predicted octanol–water partition coefficient (Wildman–Crippen LogP) is 2.57. The maximum atomic E-state index is 12.5. The lowest BCUT2D eigenvalue weighted by Gasteiger charge is -2.28. The zero-order valence-electron chi connectivity index (χ0n) is 11.5. The Balaban J connectivity index is 2.06. The maximum absolute atomic E-state index is 12.5. The molecule has 108 valence electrons. The van der Waals surface area contributed by atoms with Gasteiger partial charge in [-0.25, -0.2) is 4.79 Å². The lowest BCUT2D eigenvalue weighted by atomic mass is 10.2. The second-order valence-corrected chi connectivity index (χ2v) is 4.96. The smallest absolute Gasteiger partial charge is 0.324 e. The lowest BCUT2D eigenvalue weighted by Crippen LogP contribution is -2.42. The molecule has 20 heavy (non-hydrogen) atoms. The van der Waals surface area contributed by atoms with E-state index in [0.717, 1.165) is 31.6 Å². The number of para-hydroxylation sites is 1. The summed E-state index contributed by atoms with van der Waals surface area (Å²) >= 11 is 0. The summed E-state index contributed by atoms with van der Waals surface area (Å²) < 4.78 is 0. The summed E-state index contributed by atoms with van der Waals surface area (Å²) in [5.74, 6) is -0.827. The number of carboxylic acids is 1. The highest BCUT2D eigenvalue weighted by molar-refractivity contribution is 5.92. The van der Waals surface area contributed by atoms with Gasteiger partial charge in [0.05, 0.1) is 0 Å². The van der Waals surface area contributed by atoms with E-state index in [0.29, 0.717) is 13.0 Å². The second-order valence-electron chi connectivity index (χ2n) is 4.96. The zero-order valence-corrected chi connectivity index (χ0v) is 11.5. The van der Waals surface area contributed by atoms with Crippen LogP contribution in [0.3, 0.4) is 0 Å². The minimum atomic E-state index is -0.827. The number of benzene rings is 1. The van der Waals surface area contributed by atoms with Crippen molar-refractivity contribution in [1.29, 1.82) is 0 Å². The quantitative estimate of drug-likeness (QED) is 0.899. The molecule has 0 saturated carbocycles. The van der Waals surface area contributed by atoms with Gasteiger partial charge in [-0.2, -0.15) is 0 Å². The van der Waals surface area contributed by atoms with E-state index in [2.05, 4.69) is 0 Å². The van der Waals surface area contributed by atoms with Crippen LogP contribution in [-0.2, 0) is 4.79 Å². The van der Waals surface area contributed by atoms with Gasteiger partial charge in [-0.05, 0) is 31.4 Å². The molecule has 0 unspecified atom stereocenters. The van der Waals surface area contributed by atoms with Gasteiger partial charge in [0.2, 0.25) is 0 Å². The lowest BCUT2D eigenvalue weighted by molar-refractivity contribution is -0.137. The van der Waals surface area contributed by atoms with E-state index in [4.69, 9.17) is 5.11 Å². The fourth-order valence-electron chi connectivity index (χ4n) is 2.41. The van der Waals surface area contributed by atoms with Gasteiger partial charge in [0, 0.05) is 31.7 Å². The van der Waals surface area contributed by atoms with Gasteiger partial charge in [0.25, 0.3) is 0 Å². The number of carboxylic acid groups (broad SMARTS) is 1. The van der Waals surface area contributed by atoms with Crippen molar-refractivity contribution >= 4 is 17.7 Å². The molecule has 2 amide bonds. The van der Waals surface area contributed by atoms with Crippen LogP contribution in [0.15, 0.2) is 30.3 Å². The zero-order chi connectivity index (χ0) is 14.4. The molecule has 0 aromatic heterocycles. The van der Waals surface area contributed by atoms with E-state index in [1.54, 1.807) is 4.90 Å². The Kier molecular flexibility index (Phi) is 4.98. The number of amides is 2. The normalized spacial score (nSPS) is 14.3. The van der Waals surface area contributed by atoms with Crippen molar-refractivity contribution in [2.75, 3.05) is 24.5 Å². The summed E-state index contributed by atoms with van der Waals surface area (Å²) in [6, 6.07) is 9.43. The van der Waals surface area contributed by atoms with Gasteiger partial charge in [0.1, 0.15) is 0 Å². The molecule has 2 rings (SSSR count). The first-order chi connectivity index (χ1) is 9.68. The predicted molar refractivity (Wildman–Crippen MR) is 76.9 cm³/mol. The van der Waals surface area contributed by atoms with Gasteiger partial charge in [-0.3, -0.25) is 9.69 Å². The molecule has 5 heteroatoms. The third kappa shape index (κ3) is 3.73. The topological polar surface area (TPSA) is 60.9 Å². The van der Waals surface area contributed by atoms with Crippen molar-refractivity contribution < 1.29 is 14.7 Å². The number of hydrogen-bond acceptors (Lipinski definition) is 2. The summed E-state index contributed by atoms with van der Waals surface area (Å²) in [6.45, 7) is 2.02. The van der Waals surface area contributed by atoms with Crippen molar-refractivity contribution in [3.05, 3.63) is 30.3 Å². The third-order valence-corrected chi connectivity index (χ3v) is 3.45. The van der Waals surface area contributed by atoms with Crippen molar-refractivity contribution in [3.63, 3.8) is 0 Å². The standard InChI is InChI=1S/C15H20N2O3/c18-14(19)9-6-12-17(13-7-2-1-3-8-13)15(20)16-10-4-5-11-16/h1-3,7-8H,4-6,9-12H2,(H,18,19). The van der Waals surface area contributed by atoms with Crippen molar-refractivity contribution in [1.82, 2.24) is 4.90 Å². The highest BCUT2D eigenvalue weighted by Crippen LogP contribution is 2.19. The van der Waals surface area contributed by atoms with Crippen molar-refractivity contribution in [2.24, 2.45) is 0 Å². The van der Waals surface area contributed by atoms with Crippen LogP contribution < -0.4 is 4.90 Å². The molecule has 0 bridgehead atoms. The molecule has 0 radical (unpaired) electrons. The number of aliphatic carboxylic acids is 1.